The van der Waals surface area contributed by atoms with Gasteiger partial charge in [-0.25, -0.2) is 4.98 Å². The predicted molar refractivity (Wildman–Crippen MR) is 112 cm³/mol. The number of amides is 1. The highest BCUT2D eigenvalue weighted by Crippen LogP contribution is 2.30. The Morgan fingerprint density at radius 1 is 1.10 bits per heavy atom. The lowest BCUT2D eigenvalue weighted by Gasteiger charge is -2.21. The fraction of sp³-hybridized carbons (Fsp3) is 0.174. The van der Waals surface area contributed by atoms with E-state index < -0.39 is 0 Å². The number of hydrogen-bond donors (Lipinski definition) is 0. The molecule has 6 nitrogen and oxygen atoms in total. The molecule has 2 aromatic heterocycles. The Bertz CT molecular complexity index is 1150. The number of aromatic nitrogens is 2. The van der Waals surface area contributed by atoms with Gasteiger partial charge in [0.2, 0.25) is 0 Å². The van der Waals surface area contributed by atoms with Gasteiger partial charge in [-0.3, -0.25) is 4.79 Å². The molecule has 0 spiro atoms. The van der Waals surface area contributed by atoms with E-state index >= 15 is 0 Å². The van der Waals surface area contributed by atoms with Gasteiger partial charge >= 0.3 is 0 Å². The summed E-state index contributed by atoms with van der Waals surface area (Å²) in [5, 5.41) is 4.67. The first-order valence-corrected chi connectivity index (χ1v) is 9.40. The van der Waals surface area contributed by atoms with Gasteiger partial charge in [0, 0.05) is 17.8 Å². The summed E-state index contributed by atoms with van der Waals surface area (Å²) in [5.74, 6) is 0.634. The minimum atomic E-state index is -0.118. The molecule has 0 saturated carbocycles. The number of anilines is 1. The molecule has 0 radical (unpaired) electrons. The van der Waals surface area contributed by atoms with Gasteiger partial charge in [-0.15, -0.1) is 0 Å². The summed E-state index contributed by atoms with van der Waals surface area (Å²) < 4.78 is 10.6. The number of ether oxygens (including phenoxy) is 1. The molecule has 0 atom stereocenters. The molecule has 0 N–H and O–H groups in total. The van der Waals surface area contributed by atoms with Gasteiger partial charge in [-0.2, -0.15) is 0 Å². The highest BCUT2D eigenvalue weighted by molar-refractivity contribution is 6.14. The number of pyridine rings is 1. The van der Waals surface area contributed by atoms with E-state index in [1.165, 1.54) is 0 Å². The maximum absolute atomic E-state index is 13.5. The van der Waals surface area contributed by atoms with Crippen LogP contribution in [-0.4, -0.2) is 29.7 Å². The van der Waals surface area contributed by atoms with Crippen molar-refractivity contribution < 1.29 is 14.1 Å². The standard InChI is InChI=1S/C23H21N3O3/c1-4-26(17-8-6-5-7-9-17)23(27)19-14-20(16-10-12-18(28-3)13-11-16)24-22-21(19)15(2)25-29-22/h5-14H,4H2,1-3H3. The van der Waals surface area contributed by atoms with Crippen LogP contribution >= 0.6 is 0 Å². The molecule has 0 aliphatic rings. The SMILES string of the molecule is CCN(C(=O)c1cc(-c2ccc(OC)cc2)nc2onc(C)c12)c1ccccc1. The van der Waals surface area contributed by atoms with Crippen molar-refractivity contribution in [1.29, 1.82) is 0 Å². The van der Waals surface area contributed by atoms with Gasteiger partial charge in [0.15, 0.2) is 0 Å². The summed E-state index contributed by atoms with van der Waals surface area (Å²) >= 11 is 0. The van der Waals surface area contributed by atoms with Crippen LogP contribution in [0.1, 0.15) is 23.0 Å². The van der Waals surface area contributed by atoms with Crippen molar-refractivity contribution in [3.63, 3.8) is 0 Å². The Hall–Kier alpha value is -3.67. The van der Waals surface area contributed by atoms with Crippen molar-refractivity contribution in [3.05, 3.63) is 71.9 Å². The lowest BCUT2D eigenvalue weighted by atomic mass is 10.0. The van der Waals surface area contributed by atoms with Gasteiger partial charge in [0.05, 0.1) is 29.4 Å². The molecule has 29 heavy (non-hydrogen) atoms. The number of benzene rings is 2. The number of rotatable bonds is 5. The summed E-state index contributed by atoms with van der Waals surface area (Å²) in [6.45, 7) is 4.30. The molecule has 146 valence electrons. The summed E-state index contributed by atoms with van der Waals surface area (Å²) in [6, 6.07) is 18.9. The third-order valence-electron chi connectivity index (χ3n) is 4.86. The molecule has 0 aliphatic heterocycles. The van der Waals surface area contributed by atoms with Crippen LogP contribution in [0.4, 0.5) is 5.69 Å². The van der Waals surface area contributed by atoms with E-state index in [4.69, 9.17) is 9.26 Å². The van der Waals surface area contributed by atoms with Crippen molar-refractivity contribution in [2.24, 2.45) is 0 Å². The fourth-order valence-corrected chi connectivity index (χ4v) is 3.37. The van der Waals surface area contributed by atoms with Crippen LogP contribution in [-0.2, 0) is 0 Å². The van der Waals surface area contributed by atoms with Crippen molar-refractivity contribution >= 4 is 22.7 Å². The van der Waals surface area contributed by atoms with Gasteiger partial charge in [0.25, 0.3) is 11.6 Å². The zero-order chi connectivity index (χ0) is 20.4. The van der Waals surface area contributed by atoms with Crippen LogP contribution in [0.15, 0.2) is 65.2 Å². The molecule has 4 aromatic rings. The van der Waals surface area contributed by atoms with Crippen LogP contribution in [0, 0.1) is 6.92 Å². The number of aryl methyl sites for hydroxylation is 1. The highest BCUT2D eigenvalue weighted by Gasteiger charge is 2.23. The average Bonchev–Trinajstić information content (AvgIpc) is 3.15. The zero-order valence-corrected chi connectivity index (χ0v) is 16.5. The van der Waals surface area contributed by atoms with Crippen molar-refractivity contribution in [3.8, 4) is 17.0 Å². The topological polar surface area (TPSA) is 68.5 Å². The molecule has 0 bridgehead atoms. The Kier molecular flexibility index (Phi) is 4.99. The van der Waals surface area contributed by atoms with Crippen LogP contribution < -0.4 is 9.64 Å². The Balaban J connectivity index is 1.85. The van der Waals surface area contributed by atoms with E-state index in [-0.39, 0.29) is 5.91 Å². The number of hydrogen-bond acceptors (Lipinski definition) is 5. The molecule has 6 heteroatoms. The maximum atomic E-state index is 13.5. The summed E-state index contributed by atoms with van der Waals surface area (Å²) in [6.07, 6.45) is 0. The molecular formula is C23H21N3O3. The van der Waals surface area contributed by atoms with E-state index in [1.807, 2.05) is 74.5 Å². The number of carbonyl (C=O) groups excluding carboxylic acids is 1. The Morgan fingerprint density at radius 2 is 1.83 bits per heavy atom. The lowest BCUT2D eigenvalue weighted by molar-refractivity contribution is 0.0990. The molecule has 0 aliphatic carbocycles. The smallest absolute Gasteiger partial charge is 0.259 e. The quantitative estimate of drug-likeness (QED) is 0.488. The second-order valence-electron chi connectivity index (χ2n) is 6.62. The Labute approximate surface area is 168 Å². The third kappa shape index (κ3) is 3.45. The second kappa shape index (κ2) is 7.75. The van der Waals surface area contributed by atoms with Gasteiger partial charge in [-0.1, -0.05) is 23.4 Å². The molecule has 2 heterocycles. The van der Waals surface area contributed by atoms with Gasteiger partial charge in [0.1, 0.15) is 5.75 Å². The number of nitrogens with zero attached hydrogens (tertiary/aromatic N) is 3. The molecule has 0 fully saturated rings. The fourth-order valence-electron chi connectivity index (χ4n) is 3.37. The zero-order valence-electron chi connectivity index (χ0n) is 16.5. The summed E-state index contributed by atoms with van der Waals surface area (Å²) in [7, 11) is 1.62. The van der Waals surface area contributed by atoms with Gasteiger partial charge < -0.3 is 14.2 Å². The lowest BCUT2D eigenvalue weighted by Crippen LogP contribution is -2.30. The van der Waals surface area contributed by atoms with Crippen molar-refractivity contribution in [2.45, 2.75) is 13.8 Å². The minimum absolute atomic E-state index is 0.118. The van der Waals surface area contributed by atoms with E-state index in [1.54, 1.807) is 12.0 Å². The molecular weight excluding hydrogens is 366 g/mol. The summed E-state index contributed by atoms with van der Waals surface area (Å²) in [5.41, 5.74) is 3.85. The maximum Gasteiger partial charge on any atom is 0.259 e. The molecule has 1 amide bonds. The monoisotopic (exact) mass is 387 g/mol. The number of carbonyl (C=O) groups is 1. The molecule has 0 unspecified atom stereocenters. The predicted octanol–water partition coefficient (Wildman–Crippen LogP) is 4.87. The normalized spacial score (nSPS) is 10.9. The van der Waals surface area contributed by atoms with E-state index in [0.717, 1.165) is 17.0 Å². The summed E-state index contributed by atoms with van der Waals surface area (Å²) in [4.78, 5) is 19.9. The molecule has 2 aromatic carbocycles. The first kappa shape index (κ1) is 18.7. The minimum Gasteiger partial charge on any atom is -0.497 e. The van der Waals surface area contributed by atoms with Crippen LogP contribution in [0.3, 0.4) is 0 Å². The average molecular weight is 387 g/mol. The van der Waals surface area contributed by atoms with Crippen LogP contribution in [0.25, 0.3) is 22.4 Å². The van der Waals surface area contributed by atoms with Crippen LogP contribution in [0.5, 0.6) is 5.75 Å². The number of fused-ring (bicyclic) bond motifs is 1. The first-order valence-electron chi connectivity index (χ1n) is 9.40. The van der Waals surface area contributed by atoms with E-state index in [9.17, 15) is 4.79 Å². The second-order valence-corrected chi connectivity index (χ2v) is 6.62. The Morgan fingerprint density at radius 3 is 2.48 bits per heavy atom. The highest BCUT2D eigenvalue weighted by atomic mass is 16.5. The first-order chi connectivity index (χ1) is 14.1. The third-order valence-corrected chi connectivity index (χ3v) is 4.86. The van der Waals surface area contributed by atoms with Crippen molar-refractivity contribution in [2.75, 3.05) is 18.6 Å². The number of methoxy groups -OCH3 is 1. The van der Waals surface area contributed by atoms with Crippen LogP contribution in [0.2, 0.25) is 0 Å². The molecule has 0 saturated heterocycles. The number of para-hydroxylation sites is 1. The van der Waals surface area contributed by atoms with Gasteiger partial charge in [-0.05, 0) is 56.3 Å². The van der Waals surface area contributed by atoms with Crippen molar-refractivity contribution in [1.82, 2.24) is 10.1 Å². The van der Waals surface area contributed by atoms with E-state index in [2.05, 4.69) is 10.1 Å². The van der Waals surface area contributed by atoms with E-state index in [0.29, 0.717) is 34.6 Å². The molecule has 4 rings (SSSR count). The largest absolute Gasteiger partial charge is 0.497 e.